The average molecular weight is 397 g/mol. The maximum Gasteiger partial charge on any atom is 0.276 e. The molecule has 122 valence electrons. The summed E-state index contributed by atoms with van der Waals surface area (Å²) in [4.78, 5) is 2.44. The largest absolute Gasteiger partial charge is 0.496 e. The maximum absolute atomic E-state index is 12.3. The quantitative estimate of drug-likeness (QED) is 0.621. The molecule has 0 amide bonds. The fraction of sp³-hybridized carbons (Fsp3) is 0.188. The number of aryl methyl sites for hydroxylation is 2. The van der Waals surface area contributed by atoms with E-state index >= 15 is 0 Å². The Labute approximate surface area is 144 Å². The molecule has 0 bridgehead atoms. The predicted octanol–water partition coefficient (Wildman–Crippen LogP) is 3.39. The molecule has 5 nitrogen and oxygen atoms in total. The molecule has 0 unspecified atom stereocenters. The van der Waals surface area contributed by atoms with Crippen molar-refractivity contribution < 1.29 is 13.2 Å². The second-order valence-corrected chi connectivity index (χ2v) is 7.55. The Hall–Kier alpha value is -1.86. The minimum atomic E-state index is -3.71. The van der Waals surface area contributed by atoms with Crippen LogP contribution in [-0.2, 0) is 10.0 Å². The van der Waals surface area contributed by atoms with E-state index in [1.54, 1.807) is 38.3 Å². The Kier molecular flexibility index (Phi) is 5.43. The highest BCUT2D eigenvalue weighted by atomic mass is 79.9. The molecule has 2 aromatic carbocycles. The van der Waals surface area contributed by atoms with Crippen LogP contribution in [0.3, 0.4) is 0 Å². The standard InChI is InChI=1S/C16H17BrN2O3S/c1-11-4-7-16(12(2)8-11)23(20,21)19-18-10-13-9-14(17)5-6-15(13)22-3/h4-10,19H,1-3H3/b18-10+. The number of nitrogens with zero attached hydrogens (tertiary/aromatic N) is 1. The molecule has 0 spiro atoms. The van der Waals surface area contributed by atoms with Crippen LogP contribution in [0.5, 0.6) is 5.75 Å². The smallest absolute Gasteiger partial charge is 0.276 e. The predicted molar refractivity (Wildman–Crippen MR) is 94.5 cm³/mol. The van der Waals surface area contributed by atoms with Gasteiger partial charge in [-0.2, -0.15) is 13.5 Å². The van der Waals surface area contributed by atoms with Crippen LogP contribution in [-0.4, -0.2) is 21.7 Å². The van der Waals surface area contributed by atoms with E-state index in [1.165, 1.54) is 6.21 Å². The van der Waals surface area contributed by atoms with Gasteiger partial charge in [-0.15, -0.1) is 0 Å². The third-order valence-corrected chi connectivity index (χ3v) is 5.06. The number of hydrazone groups is 1. The van der Waals surface area contributed by atoms with Crippen molar-refractivity contribution in [1.29, 1.82) is 0 Å². The van der Waals surface area contributed by atoms with Gasteiger partial charge in [0.2, 0.25) is 0 Å². The van der Waals surface area contributed by atoms with Crippen LogP contribution in [0.2, 0.25) is 0 Å². The molecule has 0 radical (unpaired) electrons. The molecule has 7 heteroatoms. The Morgan fingerprint density at radius 3 is 2.57 bits per heavy atom. The highest BCUT2D eigenvalue weighted by Crippen LogP contribution is 2.21. The molecule has 0 fully saturated rings. The molecule has 1 N–H and O–H groups in total. The molecule has 23 heavy (non-hydrogen) atoms. The van der Waals surface area contributed by atoms with Gasteiger partial charge in [-0.05, 0) is 43.7 Å². The van der Waals surface area contributed by atoms with Crippen LogP contribution in [0.15, 0.2) is 50.9 Å². The number of rotatable bonds is 5. The van der Waals surface area contributed by atoms with Crippen LogP contribution in [0.1, 0.15) is 16.7 Å². The van der Waals surface area contributed by atoms with Crippen LogP contribution in [0, 0.1) is 13.8 Å². The summed E-state index contributed by atoms with van der Waals surface area (Å²) >= 11 is 3.35. The van der Waals surface area contributed by atoms with E-state index in [2.05, 4.69) is 25.9 Å². The topological polar surface area (TPSA) is 67.8 Å². The van der Waals surface area contributed by atoms with Gasteiger partial charge in [-0.25, -0.2) is 4.83 Å². The summed E-state index contributed by atoms with van der Waals surface area (Å²) in [6, 6.07) is 10.5. The molecule has 0 heterocycles. The monoisotopic (exact) mass is 396 g/mol. The fourth-order valence-corrected chi connectivity index (χ4v) is 3.52. The Bertz CT molecular complexity index is 848. The van der Waals surface area contributed by atoms with Crippen molar-refractivity contribution in [2.24, 2.45) is 5.10 Å². The minimum Gasteiger partial charge on any atom is -0.496 e. The Balaban J connectivity index is 2.24. The average Bonchev–Trinajstić information content (AvgIpc) is 2.47. The lowest BCUT2D eigenvalue weighted by molar-refractivity contribution is 0.414. The van der Waals surface area contributed by atoms with Crippen molar-refractivity contribution in [3.63, 3.8) is 0 Å². The zero-order valence-corrected chi connectivity index (χ0v) is 15.4. The van der Waals surface area contributed by atoms with Gasteiger partial charge in [0.15, 0.2) is 0 Å². The zero-order chi connectivity index (χ0) is 17.0. The first-order chi connectivity index (χ1) is 10.8. The molecule has 0 saturated heterocycles. The van der Waals surface area contributed by atoms with E-state index in [0.29, 0.717) is 16.9 Å². The van der Waals surface area contributed by atoms with Crippen LogP contribution >= 0.6 is 15.9 Å². The van der Waals surface area contributed by atoms with Gasteiger partial charge in [0.25, 0.3) is 10.0 Å². The van der Waals surface area contributed by atoms with Gasteiger partial charge in [0.05, 0.1) is 18.2 Å². The molecular formula is C16H17BrN2O3S. The summed E-state index contributed by atoms with van der Waals surface area (Å²) in [5.41, 5.74) is 2.33. The van der Waals surface area contributed by atoms with Crippen molar-refractivity contribution >= 4 is 32.2 Å². The van der Waals surface area contributed by atoms with Gasteiger partial charge < -0.3 is 4.74 Å². The lowest BCUT2D eigenvalue weighted by atomic mass is 10.2. The van der Waals surface area contributed by atoms with Crippen LogP contribution in [0.25, 0.3) is 0 Å². The number of hydrogen-bond donors (Lipinski definition) is 1. The highest BCUT2D eigenvalue weighted by molar-refractivity contribution is 9.10. The zero-order valence-electron chi connectivity index (χ0n) is 13.0. The molecule has 0 aliphatic heterocycles. The summed E-state index contributed by atoms with van der Waals surface area (Å²) in [5, 5.41) is 3.84. The van der Waals surface area contributed by atoms with E-state index in [4.69, 9.17) is 4.74 Å². The molecule has 0 atom stereocenters. The lowest BCUT2D eigenvalue weighted by Crippen LogP contribution is -2.19. The summed E-state index contributed by atoms with van der Waals surface area (Å²) in [5.74, 6) is 0.600. The maximum atomic E-state index is 12.3. The number of ether oxygens (including phenoxy) is 1. The van der Waals surface area contributed by atoms with Crippen molar-refractivity contribution in [2.45, 2.75) is 18.7 Å². The fourth-order valence-electron chi connectivity index (χ4n) is 2.12. The van der Waals surface area contributed by atoms with Gasteiger partial charge >= 0.3 is 0 Å². The lowest BCUT2D eigenvalue weighted by Gasteiger charge is -2.08. The summed E-state index contributed by atoms with van der Waals surface area (Å²) in [7, 11) is -2.17. The van der Waals surface area contributed by atoms with E-state index in [9.17, 15) is 8.42 Å². The summed E-state index contributed by atoms with van der Waals surface area (Å²) in [6.45, 7) is 3.66. The Morgan fingerprint density at radius 2 is 1.91 bits per heavy atom. The van der Waals surface area contributed by atoms with Gasteiger partial charge in [-0.1, -0.05) is 33.6 Å². The van der Waals surface area contributed by atoms with Crippen LogP contribution < -0.4 is 9.57 Å². The molecule has 0 saturated carbocycles. The van der Waals surface area contributed by atoms with Gasteiger partial charge in [0.1, 0.15) is 5.75 Å². The SMILES string of the molecule is COc1ccc(Br)cc1/C=N/NS(=O)(=O)c1ccc(C)cc1C. The molecular weight excluding hydrogens is 380 g/mol. The number of sulfonamides is 1. The van der Waals surface area contributed by atoms with E-state index in [0.717, 1.165) is 10.0 Å². The number of methoxy groups -OCH3 is 1. The first-order valence-corrected chi connectivity index (χ1v) is 9.07. The van der Waals surface area contributed by atoms with E-state index < -0.39 is 10.0 Å². The first kappa shape index (κ1) is 17.5. The minimum absolute atomic E-state index is 0.210. The van der Waals surface area contributed by atoms with Crippen molar-refractivity contribution in [1.82, 2.24) is 4.83 Å². The molecule has 0 aliphatic rings. The second kappa shape index (κ2) is 7.14. The molecule has 2 aromatic rings. The molecule has 0 aliphatic carbocycles. The number of nitrogens with one attached hydrogen (secondary N) is 1. The highest BCUT2D eigenvalue weighted by Gasteiger charge is 2.15. The molecule has 0 aromatic heterocycles. The van der Waals surface area contributed by atoms with Crippen molar-refractivity contribution in [3.8, 4) is 5.75 Å². The normalized spacial score (nSPS) is 11.7. The first-order valence-electron chi connectivity index (χ1n) is 6.79. The van der Waals surface area contributed by atoms with Crippen molar-refractivity contribution in [3.05, 3.63) is 57.6 Å². The summed E-state index contributed by atoms with van der Waals surface area (Å²) in [6.07, 6.45) is 1.41. The molecule has 2 rings (SSSR count). The van der Waals surface area contributed by atoms with E-state index in [1.807, 2.05) is 19.1 Å². The van der Waals surface area contributed by atoms with Crippen LogP contribution in [0.4, 0.5) is 0 Å². The number of halogens is 1. The third-order valence-electron chi connectivity index (χ3n) is 3.19. The van der Waals surface area contributed by atoms with Crippen molar-refractivity contribution in [2.75, 3.05) is 7.11 Å². The number of hydrogen-bond acceptors (Lipinski definition) is 4. The summed E-state index contributed by atoms with van der Waals surface area (Å²) < 4.78 is 30.7. The number of benzene rings is 2. The second-order valence-electron chi connectivity index (χ2n) is 5.01. The Morgan fingerprint density at radius 1 is 1.17 bits per heavy atom. The van der Waals surface area contributed by atoms with E-state index in [-0.39, 0.29) is 4.90 Å². The third kappa shape index (κ3) is 4.33. The van der Waals surface area contributed by atoms with Gasteiger partial charge in [0, 0.05) is 10.0 Å². The van der Waals surface area contributed by atoms with Gasteiger partial charge in [-0.3, -0.25) is 0 Å².